The number of carbonyl (C=O) groups excluding carboxylic acids is 2. The fourth-order valence-electron chi connectivity index (χ4n) is 2.59. The number of allylic oxidation sites excluding steroid dienone is 2. The van der Waals surface area contributed by atoms with Crippen molar-refractivity contribution in [3.63, 3.8) is 0 Å². The molecule has 0 aliphatic carbocycles. The summed E-state index contributed by atoms with van der Waals surface area (Å²) < 4.78 is 52.6. The van der Waals surface area contributed by atoms with Gasteiger partial charge in [-0.2, -0.15) is 18.3 Å². The van der Waals surface area contributed by atoms with Crippen molar-refractivity contribution < 1.29 is 27.2 Å². The Balaban J connectivity index is 1.78. The number of aryl methyl sites for hydroxylation is 1. The Morgan fingerprint density at radius 1 is 1.26 bits per heavy atom. The summed E-state index contributed by atoms with van der Waals surface area (Å²) in [5.74, 6) is -0.738. The third-order valence-corrected chi connectivity index (χ3v) is 4.44. The lowest BCUT2D eigenvalue weighted by Gasteiger charge is -2.08. The van der Waals surface area contributed by atoms with Gasteiger partial charge in [-0.3, -0.25) is 14.6 Å². The summed E-state index contributed by atoms with van der Waals surface area (Å²) in [6.07, 6.45) is -2.58. The van der Waals surface area contributed by atoms with Crippen LogP contribution in [-0.4, -0.2) is 62.1 Å². The Hall–Kier alpha value is -3.97. The molecule has 0 saturated carbocycles. The van der Waals surface area contributed by atoms with E-state index in [4.69, 9.17) is 0 Å². The Morgan fingerprint density at radius 3 is 2.63 bits per heavy atom. The molecule has 2 aromatic heterocycles. The van der Waals surface area contributed by atoms with Gasteiger partial charge in [0.1, 0.15) is 6.17 Å². The quantitative estimate of drug-likeness (QED) is 0.280. The minimum absolute atomic E-state index is 0.0774. The lowest BCUT2D eigenvalue weighted by Crippen LogP contribution is -2.18. The molecule has 0 radical (unpaired) electrons. The molecule has 35 heavy (non-hydrogen) atoms. The van der Waals surface area contributed by atoms with Crippen LogP contribution in [0, 0.1) is 0 Å². The molecule has 0 aliphatic rings. The van der Waals surface area contributed by atoms with Crippen LogP contribution in [0.2, 0.25) is 0 Å². The number of halogens is 4. The molecule has 0 spiro atoms. The van der Waals surface area contributed by atoms with Crippen molar-refractivity contribution in [1.82, 2.24) is 30.5 Å². The maximum atomic E-state index is 14.3. The Morgan fingerprint density at radius 2 is 2.00 bits per heavy atom. The van der Waals surface area contributed by atoms with Gasteiger partial charge in [0, 0.05) is 24.5 Å². The topological polar surface area (TPSA) is 127 Å². The van der Waals surface area contributed by atoms with Crippen LogP contribution < -0.4 is 10.6 Å². The SMILES string of the molecule is C=C(/C=C\N=C(/C)CC(=O)Nc1ccc(CCC(F)Cn2cc(C(=O)NC)nn2)nn1)C(F)(F)F. The third kappa shape index (κ3) is 9.43. The molecular weight excluding hydrogens is 472 g/mol. The third-order valence-electron chi connectivity index (χ3n) is 4.44. The monoisotopic (exact) mass is 496 g/mol. The molecule has 0 aliphatic heterocycles. The highest BCUT2D eigenvalue weighted by Gasteiger charge is 2.29. The van der Waals surface area contributed by atoms with Crippen LogP contribution in [0.5, 0.6) is 0 Å². The summed E-state index contributed by atoms with van der Waals surface area (Å²) in [4.78, 5) is 27.3. The van der Waals surface area contributed by atoms with E-state index in [1.54, 1.807) is 6.07 Å². The molecule has 2 heterocycles. The van der Waals surface area contributed by atoms with Crippen LogP contribution in [-0.2, 0) is 17.8 Å². The molecule has 14 heteroatoms. The fraction of sp³-hybridized carbons (Fsp3) is 0.381. The van der Waals surface area contributed by atoms with E-state index in [9.17, 15) is 27.2 Å². The molecule has 0 aromatic carbocycles. The molecule has 10 nitrogen and oxygen atoms in total. The number of nitrogens with zero attached hydrogens (tertiary/aromatic N) is 6. The molecule has 2 rings (SSSR count). The van der Waals surface area contributed by atoms with Crippen LogP contribution in [0.4, 0.5) is 23.4 Å². The van der Waals surface area contributed by atoms with Crippen molar-refractivity contribution in [1.29, 1.82) is 0 Å². The van der Waals surface area contributed by atoms with Gasteiger partial charge in [-0.25, -0.2) is 9.07 Å². The maximum Gasteiger partial charge on any atom is 0.415 e. The highest BCUT2D eigenvalue weighted by molar-refractivity contribution is 6.05. The Labute approximate surface area is 198 Å². The highest BCUT2D eigenvalue weighted by Crippen LogP contribution is 2.24. The normalized spacial score (nSPS) is 13.0. The predicted molar refractivity (Wildman–Crippen MR) is 119 cm³/mol. The van der Waals surface area contributed by atoms with E-state index in [0.29, 0.717) is 11.8 Å². The lowest BCUT2D eigenvalue weighted by atomic mass is 10.1. The van der Waals surface area contributed by atoms with Crippen molar-refractivity contribution in [2.24, 2.45) is 4.99 Å². The van der Waals surface area contributed by atoms with E-state index in [2.05, 4.69) is 42.7 Å². The summed E-state index contributed by atoms with van der Waals surface area (Å²) in [7, 11) is 1.45. The number of hydrogen-bond acceptors (Lipinski definition) is 7. The van der Waals surface area contributed by atoms with Gasteiger partial charge in [-0.05, 0) is 38.0 Å². The van der Waals surface area contributed by atoms with E-state index in [1.165, 1.54) is 30.9 Å². The molecule has 2 amide bonds. The second kappa shape index (κ2) is 12.5. The second-order valence-corrected chi connectivity index (χ2v) is 7.38. The molecule has 2 aromatic rings. The van der Waals surface area contributed by atoms with Crippen LogP contribution in [0.15, 0.2) is 47.7 Å². The Bertz CT molecular complexity index is 1090. The average Bonchev–Trinajstić information content (AvgIpc) is 3.25. The number of nitrogens with one attached hydrogen (secondary N) is 2. The number of anilines is 1. The van der Waals surface area contributed by atoms with Crippen molar-refractivity contribution in [2.45, 2.75) is 45.1 Å². The van der Waals surface area contributed by atoms with Gasteiger partial charge in [0.05, 0.1) is 24.9 Å². The zero-order valence-electron chi connectivity index (χ0n) is 19.0. The molecule has 1 atom stereocenters. The fourth-order valence-corrected chi connectivity index (χ4v) is 2.59. The first-order valence-corrected chi connectivity index (χ1v) is 10.3. The van der Waals surface area contributed by atoms with Crippen LogP contribution in [0.3, 0.4) is 0 Å². The van der Waals surface area contributed by atoms with Gasteiger partial charge in [-0.15, -0.1) is 10.2 Å². The minimum atomic E-state index is -4.54. The van der Waals surface area contributed by atoms with E-state index in [-0.39, 0.29) is 43.0 Å². The van der Waals surface area contributed by atoms with Gasteiger partial charge < -0.3 is 10.6 Å². The van der Waals surface area contributed by atoms with Gasteiger partial charge >= 0.3 is 6.18 Å². The van der Waals surface area contributed by atoms with Crippen molar-refractivity contribution in [3.05, 3.63) is 54.1 Å². The summed E-state index contributed by atoms with van der Waals surface area (Å²) in [6.45, 7) is 4.29. The van der Waals surface area contributed by atoms with E-state index in [0.717, 1.165) is 6.20 Å². The number of amides is 2. The molecular formula is C21H24F4N8O2. The minimum Gasteiger partial charge on any atom is -0.354 e. The summed E-state index contributed by atoms with van der Waals surface area (Å²) >= 11 is 0. The maximum absolute atomic E-state index is 14.3. The molecule has 0 fully saturated rings. The number of rotatable bonds is 11. The molecule has 1 unspecified atom stereocenters. The van der Waals surface area contributed by atoms with Crippen molar-refractivity contribution in [2.75, 3.05) is 12.4 Å². The van der Waals surface area contributed by atoms with Crippen molar-refractivity contribution >= 4 is 23.3 Å². The molecule has 0 bridgehead atoms. The van der Waals surface area contributed by atoms with Gasteiger partial charge in [0.2, 0.25) is 5.91 Å². The first-order chi connectivity index (χ1) is 16.5. The number of carbonyl (C=O) groups is 2. The van der Waals surface area contributed by atoms with E-state index < -0.39 is 29.7 Å². The van der Waals surface area contributed by atoms with Crippen LogP contribution in [0.25, 0.3) is 0 Å². The van der Waals surface area contributed by atoms with Gasteiger partial charge in [0.15, 0.2) is 11.5 Å². The first-order valence-electron chi connectivity index (χ1n) is 10.3. The molecule has 0 saturated heterocycles. The van der Waals surface area contributed by atoms with Gasteiger partial charge in [0.25, 0.3) is 5.91 Å². The van der Waals surface area contributed by atoms with Crippen LogP contribution >= 0.6 is 0 Å². The summed E-state index contributed by atoms with van der Waals surface area (Å²) in [5.41, 5.74) is -0.180. The smallest absolute Gasteiger partial charge is 0.354 e. The van der Waals surface area contributed by atoms with E-state index in [1.807, 2.05) is 0 Å². The van der Waals surface area contributed by atoms with E-state index >= 15 is 0 Å². The number of aliphatic imine (C=N–C) groups is 1. The zero-order chi connectivity index (χ0) is 26.0. The molecule has 188 valence electrons. The van der Waals surface area contributed by atoms with Crippen LogP contribution in [0.1, 0.15) is 35.9 Å². The Kier molecular flexibility index (Phi) is 9.73. The van der Waals surface area contributed by atoms with Gasteiger partial charge in [-0.1, -0.05) is 11.8 Å². The standard InChI is InChI=1S/C21H24F4N8O2/c1-13(21(23,24)25)8-9-27-14(2)10-19(34)28-18-7-6-16(29-31-18)5-4-15(22)11-33-12-17(30-32-33)20(35)26-3/h6-9,12,15H,1,4-5,10-11H2,2-3H3,(H,26,35)(H,28,31,34)/b9-8-,27-14+. The predicted octanol–water partition coefficient (Wildman–Crippen LogP) is 2.82. The lowest BCUT2D eigenvalue weighted by molar-refractivity contribution is -0.115. The average molecular weight is 496 g/mol. The number of alkyl halides is 4. The largest absolute Gasteiger partial charge is 0.415 e. The number of hydrogen-bond donors (Lipinski definition) is 2. The highest BCUT2D eigenvalue weighted by atomic mass is 19.4. The first kappa shape index (κ1) is 27.3. The van der Waals surface area contributed by atoms with Crippen molar-refractivity contribution in [3.8, 4) is 0 Å². The zero-order valence-corrected chi connectivity index (χ0v) is 19.0. The second-order valence-electron chi connectivity index (χ2n) is 7.38. The summed E-state index contributed by atoms with van der Waals surface area (Å²) in [6, 6.07) is 3.08. The number of aromatic nitrogens is 5. The summed E-state index contributed by atoms with van der Waals surface area (Å²) in [5, 5.41) is 20.1. The molecule has 2 N–H and O–H groups in total.